The summed E-state index contributed by atoms with van der Waals surface area (Å²) >= 11 is 0. The van der Waals surface area contributed by atoms with Gasteiger partial charge in [0.25, 0.3) is 0 Å². The van der Waals surface area contributed by atoms with E-state index in [1.807, 2.05) is 18.2 Å². The molecule has 1 amide bonds. The number of hydrogen-bond acceptors (Lipinski definition) is 2. The Balaban J connectivity index is 2.58. The second-order valence-electron chi connectivity index (χ2n) is 4.17. The number of rotatable bonds is 1. The van der Waals surface area contributed by atoms with Crippen LogP contribution >= 0.6 is 0 Å². The smallest absolute Gasteiger partial charge is 0.226 e. The predicted molar refractivity (Wildman–Crippen MR) is 62.8 cm³/mol. The average molecular weight is 217 g/mol. The summed E-state index contributed by atoms with van der Waals surface area (Å²) in [7, 11) is 1.77. The Kier molecular flexibility index (Phi) is 2.77. The minimum atomic E-state index is 0.0691. The van der Waals surface area contributed by atoms with Gasteiger partial charge in [-0.05, 0) is 31.4 Å². The molecule has 3 heteroatoms. The number of Topliss-reactive ketones (excluding diaryl/α,β-unsaturated/α-hetero) is 1. The molecule has 1 heterocycles. The summed E-state index contributed by atoms with van der Waals surface area (Å²) in [4.78, 5) is 24.9. The van der Waals surface area contributed by atoms with Crippen molar-refractivity contribution in [1.29, 1.82) is 0 Å². The van der Waals surface area contributed by atoms with Gasteiger partial charge >= 0.3 is 0 Å². The van der Waals surface area contributed by atoms with Crippen molar-refractivity contribution in [3.8, 4) is 0 Å². The first kappa shape index (κ1) is 10.9. The van der Waals surface area contributed by atoms with Crippen LogP contribution in [0.15, 0.2) is 18.2 Å². The molecule has 0 radical (unpaired) electrons. The van der Waals surface area contributed by atoms with E-state index in [2.05, 4.69) is 0 Å². The lowest BCUT2D eigenvalue weighted by Gasteiger charge is -2.18. The number of hydrogen-bond donors (Lipinski definition) is 0. The van der Waals surface area contributed by atoms with Gasteiger partial charge < -0.3 is 4.90 Å². The van der Waals surface area contributed by atoms with E-state index in [0.29, 0.717) is 6.42 Å². The molecule has 2 rings (SSSR count). The molecule has 1 aromatic carbocycles. The van der Waals surface area contributed by atoms with Crippen molar-refractivity contribution in [2.24, 2.45) is 0 Å². The minimum Gasteiger partial charge on any atom is -0.315 e. The molecule has 1 aromatic rings. The summed E-state index contributed by atoms with van der Waals surface area (Å²) in [5.74, 6) is 0.194. The number of nitrogens with zero attached hydrogens (tertiary/aromatic N) is 1. The van der Waals surface area contributed by atoms with Gasteiger partial charge in [-0.15, -0.1) is 0 Å². The number of ketones is 1. The second kappa shape index (κ2) is 4.08. The van der Waals surface area contributed by atoms with Gasteiger partial charge in [-0.25, -0.2) is 0 Å². The van der Waals surface area contributed by atoms with Crippen LogP contribution in [0.1, 0.15) is 35.7 Å². The molecule has 0 aromatic heterocycles. The lowest BCUT2D eigenvalue weighted by Crippen LogP contribution is -2.25. The van der Waals surface area contributed by atoms with Gasteiger partial charge in [-0.1, -0.05) is 12.1 Å². The van der Waals surface area contributed by atoms with Crippen molar-refractivity contribution in [1.82, 2.24) is 0 Å². The largest absolute Gasteiger partial charge is 0.315 e. The maximum Gasteiger partial charge on any atom is 0.226 e. The van der Waals surface area contributed by atoms with Crippen molar-refractivity contribution in [2.45, 2.75) is 26.2 Å². The van der Waals surface area contributed by atoms with E-state index in [4.69, 9.17) is 0 Å². The summed E-state index contributed by atoms with van der Waals surface area (Å²) in [6.45, 7) is 1.57. The van der Waals surface area contributed by atoms with Crippen LogP contribution in [-0.4, -0.2) is 18.7 Å². The molecule has 84 valence electrons. The molecule has 0 bridgehead atoms. The van der Waals surface area contributed by atoms with E-state index >= 15 is 0 Å². The van der Waals surface area contributed by atoms with Crippen LogP contribution < -0.4 is 4.90 Å². The monoisotopic (exact) mass is 217 g/mol. The van der Waals surface area contributed by atoms with Gasteiger partial charge in [-0.3, -0.25) is 9.59 Å². The normalized spacial score (nSPS) is 15.6. The third-order valence-electron chi connectivity index (χ3n) is 3.08. The van der Waals surface area contributed by atoms with Crippen LogP contribution in [-0.2, 0) is 11.2 Å². The molecule has 0 saturated heterocycles. The first-order chi connectivity index (χ1) is 7.61. The van der Waals surface area contributed by atoms with Crippen LogP contribution in [0.2, 0.25) is 0 Å². The number of amides is 1. The number of fused-ring (bicyclic) bond motifs is 1. The Morgan fingerprint density at radius 1 is 1.31 bits per heavy atom. The van der Waals surface area contributed by atoms with E-state index in [0.717, 1.165) is 29.7 Å². The number of carbonyl (C=O) groups is 2. The van der Waals surface area contributed by atoms with E-state index in [9.17, 15) is 9.59 Å². The lowest BCUT2D eigenvalue weighted by molar-refractivity contribution is -0.118. The standard InChI is InChI=1S/C13H15NO2/c1-9(15)10-5-3-7-12-11(10)6-4-8-13(16)14(12)2/h3,5,7H,4,6,8H2,1-2H3. The van der Waals surface area contributed by atoms with Crippen molar-refractivity contribution >= 4 is 17.4 Å². The molecular weight excluding hydrogens is 202 g/mol. The third kappa shape index (κ3) is 1.73. The molecule has 0 N–H and O–H groups in total. The fourth-order valence-corrected chi connectivity index (χ4v) is 2.20. The zero-order valence-corrected chi connectivity index (χ0v) is 9.62. The summed E-state index contributed by atoms with van der Waals surface area (Å²) in [5.41, 5.74) is 2.65. The van der Waals surface area contributed by atoms with Crippen LogP contribution in [0.4, 0.5) is 5.69 Å². The quantitative estimate of drug-likeness (QED) is 0.676. The Labute approximate surface area is 95.1 Å². The SMILES string of the molecule is CC(=O)c1cccc2c1CCCC(=O)N2C. The number of anilines is 1. The summed E-state index contributed by atoms with van der Waals surface area (Å²) in [5, 5.41) is 0. The molecule has 3 nitrogen and oxygen atoms in total. The van der Waals surface area contributed by atoms with Crippen molar-refractivity contribution in [3.63, 3.8) is 0 Å². The van der Waals surface area contributed by atoms with Crippen LogP contribution in [0.3, 0.4) is 0 Å². The Bertz CT molecular complexity index is 451. The van der Waals surface area contributed by atoms with Gasteiger partial charge in [0.2, 0.25) is 5.91 Å². The summed E-state index contributed by atoms with van der Waals surface area (Å²) in [6, 6.07) is 5.58. The maximum absolute atomic E-state index is 11.7. The fraction of sp³-hybridized carbons (Fsp3) is 0.385. The summed E-state index contributed by atoms with van der Waals surface area (Å²) in [6.07, 6.45) is 2.18. The predicted octanol–water partition coefficient (Wildman–Crippen LogP) is 2.19. The van der Waals surface area contributed by atoms with Crippen molar-refractivity contribution in [2.75, 3.05) is 11.9 Å². The highest BCUT2D eigenvalue weighted by molar-refractivity contribution is 6.00. The van der Waals surface area contributed by atoms with E-state index in [1.165, 1.54) is 0 Å². The highest BCUT2D eigenvalue weighted by Gasteiger charge is 2.21. The molecule has 0 atom stereocenters. The first-order valence-electron chi connectivity index (χ1n) is 5.50. The minimum absolute atomic E-state index is 0.0691. The van der Waals surface area contributed by atoms with Crippen LogP contribution in [0.25, 0.3) is 0 Å². The topological polar surface area (TPSA) is 37.4 Å². The van der Waals surface area contributed by atoms with E-state index < -0.39 is 0 Å². The van der Waals surface area contributed by atoms with Crippen LogP contribution in [0, 0.1) is 0 Å². The highest BCUT2D eigenvalue weighted by Crippen LogP contribution is 2.28. The molecule has 1 aliphatic heterocycles. The van der Waals surface area contributed by atoms with Crippen molar-refractivity contribution < 1.29 is 9.59 Å². The molecular formula is C13H15NO2. The third-order valence-corrected chi connectivity index (χ3v) is 3.08. The van der Waals surface area contributed by atoms with Crippen molar-refractivity contribution in [3.05, 3.63) is 29.3 Å². The number of benzene rings is 1. The zero-order chi connectivity index (χ0) is 11.7. The molecule has 0 unspecified atom stereocenters. The van der Waals surface area contributed by atoms with Gasteiger partial charge in [0.05, 0.1) is 0 Å². The second-order valence-corrected chi connectivity index (χ2v) is 4.17. The van der Waals surface area contributed by atoms with Gasteiger partial charge in [0.15, 0.2) is 5.78 Å². The zero-order valence-electron chi connectivity index (χ0n) is 9.62. The molecule has 0 fully saturated rings. The first-order valence-corrected chi connectivity index (χ1v) is 5.50. The Hall–Kier alpha value is -1.64. The van der Waals surface area contributed by atoms with Gasteiger partial charge in [-0.2, -0.15) is 0 Å². The maximum atomic E-state index is 11.7. The Morgan fingerprint density at radius 2 is 2.06 bits per heavy atom. The van der Waals surface area contributed by atoms with E-state index in [-0.39, 0.29) is 11.7 Å². The van der Waals surface area contributed by atoms with Gasteiger partial charge in [0, 0.05) is 24.7 Å². The van der Waals surface area contributed by atoms with Gasteiger partial charge in [0.1, 0.15) is 0 Å². The molecule has 0 saturated carbocycles. The molecule has 16 heavy (non-hydrogen) atoms. The summed E-state index contributed by atoms with van der Waals surface area (Å²) < 4.78 is 0. The van der Waals surface area contributed by atoms with E-state index in [1.54, 1.807) is 18.9 Å². The Morgan fingerprint density at radius 3 is 2.75 bits per heavy atom. The molecule has 0 spiro atoms. The number of carbonyl (C=O) groups excluding carboxylic acids is 2. The fourth-order valence-electron chi connectivity index (χ4n) is 2.20. The highest BCUT2D eigenvalue weighted by atomic mass is 16.2. The van der Waals surface area contributed by atoms with Crippen LogP contribution in [0.5, 0.6) is 0 Å². The molecule has 1 aliphatic rings. The average Bonchev–Trinajstić information content (AvgIpc) is 2.40. The lowest BCUT2D eigenvalue weighted by atomic mass is 9.98. The molecule has 0 aliphatic carbocycles.